The van der Waals surface area contributed by atoms with Gasteiger partial charge >= 0.3 is 0 Å². The lowest BCUT2D eigenvalue weighted by atomic mass is 9.97. The number of rotatable bonds is 4. The van der Waals surface area contributed by atoms with E-state index in [1.807, 2.05) is 55.6 Å². The molecule has 0 saturated carbocycles. The Kier molecular flexibility index (Phi) is 4.55. The molecule has 5 rings (SSSR count). The maximum atomic E-state index is 12.3. The molecule has 152 valence electrons. The Bertz CT molecular complexity index is 1480. The van der Waals surface area contributed by atoms with Crippen LogP contribution in [0.15, 0.2) is 71.9 Å². The van der Waals surface area contributed by atoms with Gasteiger partial charge in [0.1, 0.15) is 17.1 Å². The van der Waals surface area contributed by atoms with E-state index in [0.717, 1.165) is 27.5 Å². The summed E-state index contributed by atoms with van der Waals surface area (Å²) in [5, 5.41) is 5.50. The Morgan fingerprint density at radius 1 is 0.968 bits per heavy atom. The molecule has 7 nitrogen and oxygen atoms in total. The molecule has 3 heterocycles. The average Bonchev–Trinajstić information content (AvgIpc) is 2.83. The molecule has 0 aliphatic rings. The van der Waals surface area contributed by atoms with Crippen LogP contribution in [-0.2, 0) is 0 Å². The summed E-state index contributed by atoms with van der Waals surface area (Å²) in [5.41, 5.74) is 3.24. The van der Waals surface area contributed by atoms with Crippen molar-refractivity contribution < 1.29 is 4.74 Å². The van der Waals surface area contributed by atoms with Crippen LogP contribution in [0.1, 0.15) is 0 Å². The Morgan fingerprint density at radius 2 is 1.87 bits per heavy atom. The number of methoxy groups -OCH3 is 1. The maximum absolute atomic E-state index is 12.3. The highest BCUT2D eigenvalue weighted by Gasteiger charge is 2.16. The number of H-pyrrole nitrogens is 1. The summed E-state index contributed by atoms with van der Waals surface area (Å²) in [6, 6.07) is 15.3. The first-order valence-electron chi connectivity index (χ1n) is 9.78. The molecule has 5 aromatic rings. The number of ether oxygens (including phenoxy) is 1. The zero-order chi connectivity index (χ0) is 21.4. The predicted molar refractivity (Wildman–Crippen MR) is 122 cm³/mol. The number of anilines is 1. The fraction of sp³-hybridized carbons (Fsp3) is 0.0833. The van der Waals surface area contributed by atoms with Gasteiger partial charge in [-0.25, -0.2) is 9.97 Å². The Hall–Kier alpha value is -4.26. The molecular formula is C24H19N5O2. The van der Waals surface area contributed by atoms with Crippen LogP contribution < -0.4 is 15.6 Å². The van der Waals surface area contributed by atoms with Crippen LogP contribution >= 0.6 is 0 Å². The molecule has 0 spiro atoms. The van der Waals surface area contributed by atoms with Gasteiger partial charge < -0.3 is 15.0 Å². The van der Waals surface area contributed by atoms with E-state index in [-0.39, 0.29) is 5.56 Å². The minimum atomic E-state index is -0.118. The largest absolute Gasteiger partial charge is 0.494 e. The topological polar surface area (TPSA) is 92.8 Å². The molecule has 3 aromatic heterocycles. The van der Waals surface area contributed by atoms with Crippen LogP contribution in [-0.4, -0.2) is 34.1 Å². The summed E-state index contributed by atoms with van der Waals surface area (Å²) in [5.74, 6) is 1.87. The van der Waals surface area contributed by atoms with Crippen LogP contribution in [0.25, 0.3) is 44.2 Å². The van der Waals surface area contributed by atoms with Crippen molar-refractivity contribution in [2.24, 2.45) is 0 Å². The van der Waals surface area contributed by atoms with Crippen molar-refractivity contribution in [2.45, 2.75) is 0 Å². The van der Waals surface area contributed by atoms with E-state index in [2.05, 4.69) is 15.3 Å². The van der Waals surface area contributed by atoms with E-state index in [4.69, 9.17) is 14.7 Å². The highest BCUT2D eigenvalue weighted by molar-refractivity contribution is 6.02. The third-order valence-corrected chi connectivity index (χ3v) is 5.27. The predicted octanol–water partition coefficient (Wildman–Crippen LogP) is 4.25. The molecule has 0 fully saturated rings. The minimum Gasteiger partial charge on any atom is -0.494 e. The standard InChI is InChI=1S/C24H19N5O2/c1-25-23-19-11-15(16-6-3-7-18-17(16)8-10-27-24(18)30)12-20(31-2)21(19)28-22(29-23)14-5-4-9-26-13-14/h3-13H,1-2H3,(H,27,30)(H,25,28,29). The zero-order valence-electron chi connectivity index (χ0n) is 17.0. The zero-order valence-corrected chi connectivity index (χ0v) is 17.0. The molecule has 0 amide bonds. The van der Waals surface area contributed by atoms with Crippen LogP contribution in [0.3, 0.4) is 0 Å². The van der Waals surface area contributed by atoms with E-state index in [1.54, 1.807) is 25.7 Å². The monoisotopic (exact) mass is 409 g/mol. The van der Waals surface area contributed by atoms with Crippen molar-refractivity contribution in [3.8, 4) is 28.3 Å². The van der Waals surface area contributed by atoms with Crippen molar-refractivity contribution in [1.82, 2.24) is 19.9 Å². The number of aromatic nitrogens is 4. The summed E-state index contributed by atoms with van der Waals surface area (Å²) in [6.45, 7) is 0. The van der Waals surface area contributed by atoms with Crippen molar-refractivity contribution in [3.05, 3.63) is 77.5 Å². The van der Waals surface area contributed by atoms with Gasteiger partial charge in [0.05, 0.1) is 7.11 Å². The molecule has 7 heteroatoms. The summed E-state index contributed by atoms with van der Waals surface area (Å²) in [6.07, 6.45) is 5.11. The van der Waals surface area contributed by atoms with Gasteiger partial charge in [-0.3, -0.25) is 9.78 Å². The number of pyridine rings is 2. The first-order chi connectivity index (χ1) is 15.2. The molecule has 0 unspecified atom stereocenters. The maximum Gasteiger partial charge on any atom is 0.255 e. The smallest absolute Gasteiger partial charge is 0.255 e. The number of hydrogen-bond donors (Lipinski definition) is 2. The lowest BCUT2D eigenvalue weighted by Crippen LogP contribution is -2.04. The molecule has 0 bridgehead atoms. The Balaban J connectivity index is 1.80. The van der Waals surface area contributed by atoms with Crippen LogP contribution in [0.4, 0.5) is 5.82 Å². The van der Waals surface area contributed by atoms with E-state index in [1.165, 1.54) is 0 Å². The molecule has 0 radical (unpaired) electrons. The number of fused-ring (bicyclic) bond motifs is 2. The van der Waals surface area contributed by atoms with E-state index in [0.29, 0.717) is 28.3 Å². The highest BCUT2D eigenvalue weighted by Crippen LogP contribution is 2.37. The first kappa shape index (κ1) is 18.7. The van der Waals surface area contributed by atoms with Gasteiger partial charge in [0.15, 0.2) is 5.82 Å². The van der Waals surface area contributed by atoms with Crippen molar-refractivity contribution in [2.75, 3.05) is 19.5 Å². The SMILES string of the molecule is CNc1nc(-c2cccnc2)nc2c(OC)cc(-c3cccc4c(=O)[nH]ccc34)cc12. The molecule has 0 aliphatic heterocycles. The Morgan fingerprint density at radius 3 is 2.65 bits per heavy atom. The first-order valence-corrected chi connectivity index (χ1v) is 9.78. The quantitative estimate of drug-likeness (QED) is 0.461. The van der Waals surface area contributed by atoms with Gasteiger partial charge in [0, 0.05) is 42.0 Å². The Labute approximate surface area is 177 Å². The van der Waals surface area contributed by atoms with Gasteiger partial charge in [0.25, 0.3) is 5.56 Å². The second-order valence-electron chi connectivity index (χ2n) is 7.04. The lowest BCUT2D eigenvalue weighted by Gasteiger charge is -2.14. The number of nitrogens with zero attached hydrogens (tertiary/aromatic N) is 3. The van der Waals surface area contributed by atoms with Gasteiger partial charge in [-0.05, 0) is 52.9 Å². The van der Waals surface area contributed by atoms with Crippen molar-refractivity contribution in [1.29, 1.82) is 0 Å². The van der Waals surface area contributed by atoms with E-state index in [9.17, 15) is 4.79 Å². The molecule has 0 atom stereocenters. The number of aromatic amines is 1. The van der Waals surface area contributed by atoms with Gasteiger partial charge in [-0.15, -0.1) is 0 Å². The molecule has 0 aliphatic carbocycles. The number of benzene rings is 2. The summed E-state index contributed by atoms with van der Waals surface area (Å²) in [4.78, 5) is 28.6. The molecule has 2 aromatic carbocycles. The average molecular weight is 409 g/mol. The van der Waals surface area contributed by atoms with E-state index >= 15 is 0 Å². The second-order valence-corrected chi connectivity index (χ2v) is 7.04. The molecule has 2 N–H and O–H groups in total. The third-order valence-electron chi connectivity index (χ3n) is 5.27. The van der Waals surface area contributed by atoms with Crippen LogP contribution in [0.5, 0.6) is 5.75 Å². The molecule has 0 saturated heterocycles. The normalized spacial score (nSPS) is 11.0. The van der Waals surface area contributed by atoms with Crippen molar-refractivity contribution >= 4 is 27.5 Å². The highest BCUT2D eigenvalue weighted by atomic mass is 16.5. The fourth-order valence-corrected chi connectivity index (χ4v) is 3.80. The summed E-state index contributed by atoms with van der Waals surface area (Å²) >= 11 is 0. The number of hydrogen-bond acceptors (Lipinski definition) is 6. The molecular weight excluding hydrogens is 390 g/mol. The van der Waals surface area contributed by atoms with Gasteiger partial charge in [-0.2, -0.15) is 0 Å². The van der Waals surface area contributed by atoms with Crippen LogP contribution in [0, 0.1) is 0 Å². The van der Waals surface area contributed by atoms with E-state index < -0.39 is 0 Å². The lowest BCUT2D eigenvalue weighted by molar-refractivity contribution is 0.419. The van der Waals surface area contributed by atoms with Gasteiger partial charge in [0.2, 0.25) is 0 Å². The summed E-state index contributed by atoms with van der Waals surface area (Å²) < 4.78 is 5.71. The second kappa shape index (κ2) is 7.53. The third kappa shape index (κ3) is 3.16. The number of nitrogens with one attached hydrogen (secondary N) is 2. The van der Waals surface area contributed by atoms with Gasteiger partial charge in [-0.1, -0.05) is 12.1 Å². The molecule has 31 heavy (non-hydrogen) atoms. The summed E-state index contributed by atoms with van der Waals surface area (Å²) in [7, 11) is 3.45. The van der Waals surface area contributed by atoms with Crippen molar-refractivity contribution in [3.63, 3.8) is 0 Å². The van der Waals surface area contributed by atoms with Crippen LogP contribution in [0.2, 0.25) is 0 Å². The fourth-order valence-electron chi connectivity index (χ4n) is 3.80. The minimum absolute atomic E-state index is 0.118.